The van der Waals surface area contributed by atoms with Gasteiger partial charge in [0.1, 0.15) is 11.6 Å². The van der Waals surface area contributed by atoms with Gasteiger partial charge in [0.2, 0.25) is 5.82 Å². The number of aryl methyl sites for hydroxylation is 10. The Morgan fingerprint density at radius 2 is 0.818 bits per heavy atom. The normalized spacial score (nSPS) is 15.5. The van der Waals surface area contributed by atoms with Gasteiger partial charge in [-0.2, -0.15) is 4.39 Å². The van der Waals surface area contributed by atoms with Crippen LogP contribution in [0.25, 0.3) is 10.8 Å². The molecule has 6 aromatic carbocycles. The largest absolute Gasteiger partial charge is 1.00 e. The minimum Gasteiger partial charge on any atom is -1.00 e. The van der Waals surface area contributed by atoms with Crippen molar-refractivity contribution >= 4 is 10.8 Å². The Hall–Kier alpha value is -5.18. The Bertz CT molecular complexity index is 2410. The maximum Gasteiger partial charge on any atom is 1.00 e. The second kappa shape index (κ2) is 27.5. The molecule has 0 aromatic heterocycles. The molecule has 1 aliphatic heterocycles. The van der Waals surface area contributed by atoms with Gasteiger partial charge in [-0.25, -0.2) is 30.7 Å². The van der Waals surface area contributed by atoms with Gasteiger partial charge in [-0.15, -0.1) is 0 Å². The molecule has 0 N–H and O–H groups in total. The fourth-order valence-electron chi connectivity index (χ4n) is 6.86. The summed E-state index contributed by atoms with van der Waals surface area (Å²) in [6.07, 6.45) is 7.48. The van der Waals surface area contributed by atoms with Crippen molar-refractivity contribution in [3.05, 3.63) is 181 Å². The van der Waals surface area contributed by atoms with Gasteiger partial charge in [0.15, 0.2) is 34.8 Å². The van der Waals surface area contributed by atoms with Gasteiger partial charge < -0.3 is 6.16 Å². The molecule has 0 radical (unpaired) electrons. The molecule has 1 heterocycles. The van der Waals surface area contributed by atoms with Crippen molar-refractivity contribution in [2.75, 3.05) is 0 Å². The molecule has 1 unspecified atom stereocenters. The van der Waals surface area contributed by atoms with Gasteiger partial charge in [0.25, 0.3) is 0 Å². The molecule has 1 aliphatic carbocycles. The van der Waals surface area contributed by atoms with Crippen LogP contribution < -0.4 is 34.3 Å². The van der Waals surface area contributed by atoms with E-state index in [9.17, 15) is 35.1 Å². The Morgan fingerprint density at radius 1 is 0.424 bits per heavy atom. The Morgan fingerprint density at radius 3 is 1.29 bits per heavy atom. The van der Waals surface area contributed by atoms with Crippen molar-refractivity contribution in [2.24, 2.45) is 11.8 Å². The van der Waals surface area contributed by atoms with E-state index in [0.29, 0.717) is 33.2 Å². The maximum atomic E-state index is 13.6. The van der Waals surface area contributed by atoms with Crippen molar-refractivity contribution in [1.29, 1.82) is 0 Å². The van der Waals surface area contributed by atoms with Crippen molar-refractivity contribution < 1.29 is 70.8 Å². The third kappa shape index (κ3) is 17.2. The molecule has 1 saturated carbocycles. The number of ether oxygens (including phenoxy) is 1. The number of rotatable bonds is 0. The molecule has 0 bridgehead atoms. The zero-order chi connectivity index (χ0) is 48.0. The second-order valence-electron chi connectivity index (χ2n) is 17.5. The summed E-state index contributed by atoms with van der Waals surface area (Å²) >= 11 is 0. The van der Waals surface area contributed by atoms with Crippen LogP contribution in [-0.2, 0) is 6.42 Å². The smallest absolute Gasteiger partial charge is 1.00 e. The van der Waals surface area contributed by atoms with Crippen LogP contribution in [0.1, 0.15) is 110 Å². The first-order valence-electron chi connectivity index (χ1n) is 21.9. The Balaban J connectivity index is 0.000000787. The summed E-state index contributed by atoms with van der Waals surface area (Å²) in [4.78, 5) is 0. The summed E-state index contributed by atoms with van der Waals surface area (Å²) < 4.78 is 110. The molecule has 0 saturated heterocycles. The zero-order valence-electron chi connectivity index (χ0n) is 41.8. The second-order valence-corrected chi connectivity index (χ2v) is 17.5. The van der Waals surface area contributed by atoms with Gasteiger partial charge in [-0.05, 0) is 162 Å². The number of fused-ring (bicyclic) bond motifs is 2. The monoisotopic (exact) mass is 1160 g/mol. The quantitative estimate of drug-likeness (QED) is 0.109. The van der Waals surface area contributed by atoms with E-state index in [-0.39, 0.29) is 59.6 Å². The number of halogens is 8. The summed E-state index contributed by atoms with van der Waals surface area (Å²) in [6.45, 7) is 22.0. The average molecular weight is 1160 g/mol. The van der Waals surface area contributed by atoms with E-state index in [4.69, 9.17) is 4.74 Å². The van der Waals surface area contributed by atoms with Crippen LogP contribution in [0.5, 0.6) is 5.75 Å². The Kier molecular flexibility index (Phi) is 24.5. The molecule has 8 rings (SSSR count). The molecule has 1 nitrogen and oxygen atoms in total. The minimum atomic E-state index is -1.11. The summed E-state index contributed by atoms with van der Waals surface area (Å²) in [5.41, 5.74) is 6.66. The molecule has 1 fully saturated rings. The van der Waals surface area contributed by atoms with E-state index in [1.54, 1.807) is 50.2 Å². The van der Waals surface area contributed by atoms with Crippen LogP contribution in [0.3, 0.4) is 0 Å². The molecule has 2 aliphatic rings. The van der Waals surface area contributed by atoms with Crippen LogP contribution >= 0.6 is 0 Å². The first kappa shape index (κ1) is 58.8. The van der Waals surface area contributed by atoms with E-state index in [1.165, 1.54) is 76.6 Å². The molecule has 1 atom stereocenters. The summed E-state index contributed by atoms with van der Waals surface area (Å²) in [5.74, 6) is -3.86. The number of benzene rings is 6. The first-order chi connectivity index (χ1) is 30.0. The maximum absolute atomic E-state index is 13.6. The van der Waals surface area contributed by atoms with E-state index >= 15 is 0 Å². The van der Waals surface area contributed by atoms with E-state index in [2.05, 4.69) is 52.0 Å². The predicted octanol–water partition coefficient (Wildman–Crippen LogP) is 14.1. The summed E-state index contributed by atoms with van der Waals surface area (Å²) in [7, 11) is 0. The van der Waals surface area contributed by atoms with Gasteiger partial charge in [-0.1, -0.05) is 111 Å². The van der Waals surface area contributed by atoms with Crippen LogP contribution in [0.2, 0.25) is 0 Å². The molecule has 11 heteroatoms. The van der Waals surface area contributed by atoms with Gasteiger partial charge in [-0.3, -0.25) is 0 Å². The standard InChI is InChI=1S/C12H9F3.C11H12F2O.C8H8F2.C8H9F.C8H16.C8H10.Cm.Na.H/c1-6-3-4-8-5-7(2)11(14)12(15)9(8)10(6)13;1-6-5-8-4-3-7(2)14-11(8)10(13)9(6)12;1-5-3-4-6(2)8(10)7(5)9;1-6-3-4-7(2)8(9)5-6;2*1-7-3-5-8(2)6-4-7;;;/h3-5H,1-2H3;5,7H,3-4H2,1-2H3;3-4H,1-2H3;3-5H,1-2H3;7-8H,3-6H2,1-2H3;3-6H,1-2H3;;;/q;;;;;;;+1;-1. The van der Waals surface area contributed by atoms with E-state index in [0.717, 1.165) is 35.8 Å². The summed E-state index contributed by atoms with van der Waals surface area (Å²) in [5, 5.41) is 0.118. The third-order valence-corrected chi connectivity index (χ3v) is 11.4. The van der Waals surface area contributed by atoms with Crippen LogP contribution in [-0.4, -0.2) is 6.10 Å². The fraction of sp³-hybridized carbons (Fsp3) is 0.382. The van der Waals surface area contributed by atoms with Crippen molar-refractivity contribution in [2.45, 2.75) is 128 Å². The van der Waals surface area contributed by atoms with Gasteiger partial charge >= 0.3 is 29.6 Å². The fourth-order valence-corrected chi connectivity index (χ4v) is 6.86. The van der Waals surface area contributed by atoms with Crippen molar-refractivity contribution in [3.8, 4) is 5.75 Å². The van der Waals surface area contributed by atoms with Crippen molar-refractivity contribution in [1.82, 2.24) is 0 Å². The van der Waals surface area contributed by atoms with Crippen molar-refractivity contribution in [3.63, 3.8) is 0 Å². The van der Waals surface area contributed by atoms with Gasteiger partial charge in [0.05, 0.1) is 11.5 Å². The van der Waals surface area contributed by atoms with Gasteiger partial charge in [0, 0.05) is 0 Å². The van der Waals surface area contributed by atoms with Crippen LogP contribution in [0.15, 0.2) is 78.9 Å². The zero-order valence-corrected chi connectivity index (χ0v) is 45.7. The SMILES string of the molecule is CC1CCC(C)CC1.Cc1cc2c(c(F)c1F)OC(C)CC2.Cc1cc2ccc(C)c(F)c2c(F)c1F.Cc1ccc(C)c(F)c1.Cc1ccc(C)c(F)c1F.Cc1ccc(C)cc1.[Cm].[H-].[Na+]. The third-order valence-electron chi connectivity index (χ3n) is 11.4. The number of hydrogen-bond acceptors (Lipinski definition) is 1. The van der Waals surface area contributed by atoms with E-state index in [1.807, 2.05) is 19.9 Å². The summed E-state index contributed by atoms with van der Waals surface area (Å²) in [6, 6.07) is 23.1. The predicted molar refractivity (Wildman–Crippen MR) is 248 cm³/mol. The van der Waals surface area contributed by atoms with Crippen LogP contribution in [0.4, 0.5) is 35.1 Å². The molecular formula is C55H65CmF8NaO. The molecule has 0 amide bonds. The molecular weight excluding hydrogens is 1100 g/mol. The molecule has 6 aromatic rings. The number of hydrogen-bond donors (Lipinski definition) is 0. The molecule has 356 valence electrons. The van der Waals surface area contributed by atoms with E-state index < -0.39 is 40.7 Å². The minimum absolute atomic E-state index is 0. The molecule has 0 spiro atoms. The molecule has 66 heavy (non-hydrogen) atoms. The average Bonchev–Trinajstić information content (AvgIpc) is 3.26. The van der Waals surface area contributed by atoms with Crippen LogP contribution in [0, 0.1) is 121 Å². The topological polar surface area (TPSA) is 9.23 Å². The first-order valence-corrected chi connectivity index (χ1v) is 21.9. The Labute approximate surface area is 405 Å².